The van der Waals surface area contributed by atoms with Crippen molar-refractivity contribution in [1.29, 1.82) is 0 Å². The maximum atomic E-state index is 14.1. The van der Waals surface area contributed by atoms with Crippen molar-refractivity contribution in [3.05, 3.63) is 168 Å². The monoisotopic (exact) mass is 588 g/mol. The zero-order valence-electron chi connectivity index (χ0n) is 24.1. The number of phenolic OH excluding ortho intramolecular Hbond substituents is 2. The van der Waals surface area contributed by atoms with Gasteiger partial charge in [-0.3, -0.25) is 9.59 Å². The maximum absolute atomic E-state index is 14.1. The van der Waals surface area contributed by atoms with E-state index >= 15 is 0 Å². The first-order valence-electron chi connectivity index (χ1n) is 14.6. The summed E-state index contributed by atoms with van der Waals surface area (Å²) in [6.07, 6.45) is 0. The van der Waals surface area contributed by atoms with Crippen LogP contribution in [0.4, 0.5) is 0 Å². The van der Waals surface area contributed by atoms with Gasteiger partial charge in [-0.25, -0.2) is 0 Å². The third kappa shape index (κ3) is 4.88. The fourth-order valence-electron chi connectivity index (χ4n) is 6.07. The van der Waals surface area contributed by atoms with Crippen molar-refractivity contribution in [2.45, 2.75) is 5.66 Å². The molecule has 6 aromatic carbocycles. The zero-order chi connectivity index (χ0) is 31.0. The summed E-state index contributed by atoms with van der Waals surface area (Å²) in [7, 11) is 0. The number of nitrogens with one attached hydrogen (secondary N) is 2. The van der Waals surface area contributed by atoms with Gasteiger partial charge in [0, 0.05) is 33.4 Å². The van der Waals surface area contributed by atoms with Gasteiger partial charge in [0.15, 0.2) is 5.66 Å². The number of fused-ring (bicyclic) bond motifs is 3. The number of rotatable bonds is 6. The van der Waals surface area contributed by atoms with Crippen LogP contribution in [0.3, 0.4) is 0 Å². The minimum Gasteiger partial charge on any atom is -0.507 e. The second-order valence-electron chi connectivity index (χ2n) is 10.9. The van der Waals surface area contributed by atoms with Crippen molar-refractivity contribution in [2.24, 2.45) is 0 Å². The van der Waals surface area contributed by atoms with E-state index < -0.39 is 17.5 Å². The van der Waals surface area contributed by atoms with E-state index in [1.807, 2.05) is 109 Å². The van der Waals surface area contributed by atoms with E-state index in [0.717, 1.165) is 33.4 Å². The van der Waals surface area contributed by atoms with Gasteiger partial charge < -0.3 is 20.8 Å². The van der Waals surface area contributed by atoms with Crippen molar-refractivity contribution in [1.82, 2.24) is 10.6 Å². The van der Waals surface area contributed by atoms with Gasteiger partial charge in [-0.2, -0.15) is 0 Å². The van der Waals surface area contributed by atoms with Gasteiger partial charge in [0.25, 0.3) is 11.8 Å². The molecule has 0 aliphatic heterocycles. The summed E-state index contributed by atoms with van der Waals surface area (Å²) in [5.41, 5.74) is 5.01. The van der Waals surface area contributed by atoms with Crippen molar-refractivity contribution in [3.8, 4) is 44.9 Å². The van der Waals surface area contributed by atoms with Gasteiger partial charge in [0.1, 0.15) is 11.5 Å². The Morgan fingerprint density at radius 3 is 1.24 bits per heavy atom. The summed E-state index contributed by atoms with van der Waals surface area (Å²) in [5, 5.41) is 27.6. The van der Waals surface area contributed by atoms with Crippen LogP contribution in [0.2, 0.25) is 0 Å². The first-order chi connectivity index (χ1) is 21.9. The lowest BCUT2D eigenvalue weighted by Crippen LogP contribution is -2.57. The fraction of sp³-hybridized carbons (Fsp3) is 0.0256. The predicted molar refractivity (Wildman–Crippen MR) is 175 cm³/mol. The fourth-order valence-corrected chi connectivity index (χ4v) is 6.07. The molecule has 0 spiro atoms. The second-order valence-corrected chi connectivity index (χ2v) is 10.9. The number of benzene rings is 6. The lowest BCUT2D eigenvalue weighted by Gasteiger charge is -2.34. The van der Waals surface area contributed by atoms with E-state index in [4.69, 9.17) is 0 Å². The molecule has 0 atom stereocenters. The number of hydrogen-bond acceptors (Lipinski definition) is 4. The van der Waals surface area contributed by atoms with Crippen LogP contribution in [0.5, 0.6) is 11.5 Å². The van der Waals surface area contributed by atoms with Gasteiger partial charge in [0.2, 0.25) is 0 Å². The number of aromatic hydroxyl groups is 2. The van der Waals surface area contributed by atoms with E-state index in [2.05, 4.69) is 10.6 Å². The lowest BCUT2D eigenvalue weighted by molar-refractivity contribution is 0.0836. The minimum absolute atomic E-state index is 0.0545. The Bertz CT molecular complexity index is 1920. The number of carbonyl (C=O) groups is 2. The largest absolute Gasteiger partial charge is 0.507 e. The molecule has 0 unspecified atom stereocenters. The Hall–Kier alpha value is -6.14. The van der Waals surface area contributed by atoms with Crippen molar-refractivity contribution in [2.75, 3.05) is 0 Å². The summed E-state index contributed by atoms with van der Waals surface area (Å²) in [4.78, 5) is 28.3. The summed E-state index contributed by atoms with van der Waals surface area (Å²) >= 11 is 0. The van der Waals surface area contributed by atoms with Crippen LogP contribution in [0.1, 0.15) is 31.8 Å². The molecule has 0 fully saturated rings. The quantitative estimate of drug-likeness (QED) is 0.152. The Morgan fingerprint density at radius 1 is 0.444 bits per heavy atom. The van der Waals surface area contributed by atoms with E-state index in [0.29, 0.717) is 22.3 Å². The SMILES string of the molecule is O=C(NC1(NC(=O)c2ccc(O)c(-c3ccccc3)c2)c2ccccc2-c2ccccc21)c1ccc(O)c(-c2ccccc2)c1. The normalized spacial score (nSPS) is 12.5. The molecule has 6 aromatic rings. The van der Waals surface area contributed by atoms with Gasteiger partial charge >= 0.3 is 0 Å². The first-order valence-corrected chi connectivity index (χ1v) is 14.6. The summed E-state index contributed by atoms with van der Waals surface area (Å²) in [6, 6.07) is 43.4. The van der Waals surface area contributed by atoms with Crippen molar-refractivity contribution in [3.63, 3.8) is 0 Å². The Balaban J connectivity index is 1.32. The highest BCUT2D eigenvalue weighted by Gasteiger charge is 2.46. The molecule has 0 saturated carbocycles. The molecular formula is C39H28N2O4. The molecule has 1 aliphatic carbocycles. The third-order valence-corrected chi connectivity index (χ3v) is 8.24. The van der Waals surface area contributed by atoms with Gasteiger partial charge in [-0.15, -0.1) is 0 Å². The summed E-state index contributed by atoms with van der Waals surface area (Å²) in [6.45, 7) is 0. The molecule has 6 heteroatoms. The van der Waals surface area contributed by atoms with Crippen LogP contribution in [-0.4, -0.2) is 22.0 Å². The number of hydrogen-bond donors (Lipinski definition) is 4. The summed E-state index contributed by atoms with van der Waals surface area (Å²) < 4.78 is 0. The minimum atomic E-state index is -1.42. The molecule has 0 saturated heterocycles. The Kier molecular flexibility index (Phi) is 6.87. The molecule has 2 amide bonds. The van der Waals surface area contributed by atoms with Crippen LogP contribution in [0.15, 0.2) is 146 Å². The molecule has 4 N–H and O–H groups in total. The van der Waals surface area contributed by atoms with Crippen LogP contribution >= 0.6 is 0 Å². The molecule has 0 bridgehead atoms. The molecular weight excluding hydrogens is 560 g/mol. The van der Waals surface area contributed by atoms with Crippen LogP contribution < -0.4 is 10.6 Å². The molecule has 0 aromatic heterocycles. The average Bonchev–Trinajstić information content (AvgIpc) is 3.35. The smallest absolute Gasteiger partial charge is 0.253 e. The lowest BCUT2D eigenvalue weighted by atomic mass is 9.94. The molecule has 6 nitrogen and oxygen atoms in total. The van der Waals surface area contributed by atoms with Crippen LogP contribution in [0, 0.1) is 0 Å². The average molecular weight is 589 g/mol. The van der Waals surface area contributed by atoms with Crippen LogP contribution in [0.25, 0.3) is 33.4 Å². The Morgan fingerprint density at radius 2 is 0.822 bits per heavy atom. The topological polar surface area (TPSA) is 98.7 Å². The van der Waals surface area contributed by atoms with Crippen molar-refractivity contribution >= 4 is 11.8 Å². The molecule has 45 heavy (non-hydrogen) atoms. The van der Waals surface area contributed by atoms with Crippen LogP contribution in [-0.2, 0) is 5.66 Å². The predicted octanol–water partition coefficient (Wildman–Crippen LogP) is 7.47. The summed E-state index contributed by atoms with van der Waals surface area (Å²) in [5.74, 6) is -0.762. The van der Waals surface area contributed by atoms with Gasteiger partial charge in [0.05, 0.1) is 0 Å². The number of phenols is 2. The third-order valence-electron chi connectivity index (χ3n) is 8.24. The van der Waals surface area contributed by atoms with E-state index in [9.17, 15) is 19.8 Å². The number of carbonyl (C=O) groups excluding carboxylic acids is 2. The van der Waals surface area contributed by atoms with Gasteiger partial charge in [-0.05, 0) is 58.7 Å². The molecule has 0 radical (unpaired) electrons. The first kappa shape index (κ1) is 27.7. The van der Waals surface area contributed by atoms with Crippen molar-refractivity contribution < 1.29 is 19.8 Å². The standard InChI is InChI=1S/C39H28N2O4/c42-35-21-19-27(23-31(35)25-11-3-1-4-12-25)37(44)40-39(33-17-9-7-15-29(33)30-16-8-10-18-34(30)39)41-38(45)28-20-22-36(43)32(24-28)26-13-5-2-6-14-26/h1-24,42-43H,(H,40,44)(H,41,45). The Labute approximate surface area is 260 Å². The maximum Gasteiger partial charge on any atom is 0.253 e. The van der Waals surface area contributed by atoms with E-state index in [1.165, 1.54) is 12.1 Å². The van der Waals surface area contributed by atoms with E-state index in [1.54, 1.807) is 24.3 Å². The molecule has 1 aliphatic rings. The van der Waals surface area contributed by atoms with E-state index in [-0.39, 0.29) is 11.5 Å². The molecule has 0 heterocycles. The molecule has 218 valence electrons. The number of amides is 2. The highest BCUT2D eigenvalue weighted by molar-refractivity contribution is 6.01. The molecule has 7 rings (SSSR count). The highest BCUT2D eigenvalue weighted by atomic mass is 16.3. The van der Waals surface area contributed by atoms with Gasteiger partial charge in [-0.1, -0.05) is 109 Å². The highest BCUT2D eigenvalue weighted by Crippen LogP contribution is 2.46. The zero-order valence-corrected chi connectivity index (χ0v) is 24.1. The second kappa shape index (κ2) is 11.2.